The van der Waals surface area contributed by atoms with Gasteiger partial charge in [0.25, 0.3) is 0 Å². The lowest BCUT2D eigenvalue weighted by molar-refractivity contribution is 0.162. The minimum atomic E-state index is 0.156. The van der Waals surface area contributed by atoms with E-state index < -0.39 is 0 Å². The van der Waals surface area contributed by atoms with Crippen molar-refractivity contribution in [2.24, 2.45) is 5.92 Å². The summed E-state index contributed by atoms with van der Waals surface area (Å²) in [6.07, 6.45) is 3.61. The Labute approximate surface area is 104 Å². The number of hydrogen-bond donors (Lipinski definition) is 1. The summed E-state index contributed by atoms with van der Waals surface area (Å²) in [5, 5.41) is 3.30. The number of hydrogen-bond acceptors (Lipinski definition) is 4. The van der Waals surface area contributed by atoms with Crippen LogP contribution >= 0.6 is 0 Å². The van der Waals surface area contributed by atoms with Gasteiger partial charge in [0, 0.05) is 12.6 Å². The highest BCUT2D eigenvalue weighted by atomic mass is 16.5. The zero-order valence-electron chi connectivity index (χ0n) is 11.4. The molecular formula is C13H23N3O. The minimum Gasteiger partial charge on any atom is -0.473 e. The first kappa shape index (κ1) is 13.9. The molecule has 0 saturated carbocycles. The molecule has 1 unspecified atom stereocenters. The van der Waals surface area contributed by atoms with E-state index in [0.717, 1.165) is 12.2 Å². The van der Waals surface area contributed by atoms with Crippen molar-refractivity contribution in [3.05, 3.63) is 18.1 Å². The summed E-state index contributed by atoms with van der Waals surface area (Å²) in [5.74, 6) is 1.07. The molecule has 4 nitrogen and oxygen atoms in total. The standard InChI is InChI=1S/C13H23N3O/c1-9(2)11(5)17-13-8-15-12(7-16-13)6-14-10(3)4/h7-11,14H,6H2,1-5H3. The molecule has 0 aromatic carbocycles. The Balaban J connectivity index is 2.50. The van der Waals surface area contributed by atoms with Crippen LogP contribution in [0.1, 0.15) is 40.3 Å². The smallest absolute Gasteiger partial charge is 0.232 e. The zero-order chi connectivity index (χ0) is 12.8. The number of rotatable bonds is 6. The van der Waals surface area contributed by atoms with Crippen LogP contribution in [-0.2, 0) is 6.54 Å². The monoisotopic (exact) mass is 237 g/mol. The van der Waals surface area contributed by atoms with Gasteiger partial charge in [-0.15, -0.1) is 0 Å². The Morgan fingerprint density at radius 1 is 1.12 bits per heavy atom. The molecule has 0 bridgehead atoms. The molecule has 1 N–H and O–H groups in total. The van der Waals surface area contributed by atoms with Gasteiger partial charge in [0.2, 0.25) is 5.88 Å². The maximum atomic E-state index is 5.66. The number of nitrogens with zero attached hydrogens (tertiary/aromatic N) is 2. The number of nitrogens with one attached hydrogen (secondary N) is 1. The van der Waals surface area contributed by atoms with Crippen LogP contribution in [0.3, 0.4) is 0 Å². The third-order valence-electron chi connectivity index (χ3n) is 2.62. The topological polar surface area (TPSA) is 47.0 Å². The molecule has 0 aliphatic carbocycles. The van der Waals surface area contributed by atoms with Gasteiger partial charge in [0.15, 0.2) is 0 Å². The van der Waals surface area contributed by atoms with E-state index in [1.807, 2.05) is 6.92 Å². The summed E-state index contributed by atoms with van der Waals surface area (Å²) in [5.41, 5.74) is 0.934. The Morgan fingerprint density at radius 3 is 2.29 bits per heavy atom. The number of aromatic nitrogens is 2. The SMILES string of the molecule is CC(C)NCc1cnc(OC(C)C(C)C)cn1. The highest BCUT2D eigenvalue weighted by Crippen LogP contribution is 2.11. The highest BCUT2D eigenvalue weighted by Gasteiger charge is 2.09. The molecule has 1 rings (SSSR count). The lowest BCUT2D eigenvalue weighted by atomic mass is 10.1. The summed E-state index contributed by atoms with van der Waals surface area (Å²) in [6.45, 7) is 11.2. The third-order valence-corrected chi connectivity index (χ3v) is 2.62. The van der Waals surface area contributed by atoms with Crippen molar-refractivity contribution in [3.63, 3.8) is 0 Å². The Morgan fingerprint density at radius 2 is 1.82 bits per heavy atom. The van der Waals surface area contributed by atoms with Gasteiger partial charge in [0.1, 0.15) is 0 Å². The minimum absolute atomic E-state index is 0.156. The lowest BCUT2D eigenvalue weighted by Gasteiger charge is -2.16. The van der Waals surface area contributed by atoms with Gasteiger partial charge in [-0.25, -0.2) is 4.98 Å². The molecule has 17 heavy (non-hydrogen) atoms. The molecule has 1 aromatic rings. The van der Waals surface area contributed by atoms with Gasteiger partial charge in [-0.1, -0.05) is 27.7 Å². The molecule has 0 radical (unpaired) electrons. The molecule has 0 fully saturated rings. The average Bonchev–Trinajstić information content (AvgIpc) is 2.28. The van der Waals surface area contributed by atoms with E-state index in [2.05, 4.69) is 43.0 Å². The summed E-state index contributed by atoms with van der Waals surface area (Å²) in [6, 6.07) is 0.452. The molecule has 0 saturated heterocycles. The van der Waals surface area contributed by atoms with Crippen LogP contribution in [0.25, 0.3) is 0 Å². The molecule has 96 valence electrons. The van der Waals surface area contributed by atoms with Crippen LogP contribution in [0.4, 0.5) is 0 Å². The van der Waals surface area contributed by atoms with Gasteiger partial charge in [-0.2, -0.15) is 0 Å². The van der Waals surface area contributed by atoms with Gasteiger partial charge >= 0.3 is 0 Å². The Bertz CT molecular complexity index is 322. The van der Waals surface area contributed by atoms with Gasteiger partial charge < -0.3 is 10.1 Å². The summed E-state index contributed by atoms with van der Waals surface area (Å²) in [4.78, 5) is 8.57. The molecule has 1 aromatic heterocycles. The number of ether oxygens (including phenoxy) is 1. The van der Waals surface area contributed by atoms with Crippen LogP contribution in [-0.4, -0.2) is 22.1 Å². The zero-order valence-corrected chi connectivity index (χ0v) is 11.4. The van der Waals surface area contributed by atoms with Crippen molar-refractivity contribution >= 4 is 0 Å². The van der Waals surface area contributed by atoms with Crippen molar-refractivity contribution in [2.45, 2.75) is 53.3 Å². The Hall–Kier alpha value is -1.16. The summed E-state index contributed by atoms with van der Waals surface area (Å²) >= 11 is 0. The van der Waals surface area contributed by atoms with Crippen LogP contribution in [0.5, 0.6) is 5.88 Å². The van der Waals surface area contributed by atoms with E-state index in [9.17, 15) is 0 Å². The van der Waals surface area contributed by atoms with Crippen molar-refractivity contribution in [1.29, 1.82) is 0 Å². The van der Waals surface area contributed by atoms with Crippen molar-refractivity contribution in [1.82, 2.24) is 15.3 Å². The van der Waals surface area contributed by atoms with E-state index in [1.54, 1.807) is 12.4 Å². The third kappa shape index (κ3) is 5.13. The lowest BCUT2D eigenvalue weighted by Crippen LogP contribution is -2.23. The predicted octanol–water partition coefficient (Wildman–Crippen LogP) is 2.40. The summed E-state index contributed by atoms with van der Waals surface area (Å²) < 4.78 is 5.66. The van der Waals surface area contributed by atoms with Crippen LogP contribution in [0, 0.1) is 5.92 Å². The highest BCUT2D eigenvalue weighted by molar-refractivity contribution is 5.07. The quantitative estimate of drug-likeness (QED) is 0.825. The van der Waals surface area contributed by atoms with Crippen molar-refractivity contribution in [3.8, 4) is 5.88 Å². The van der Waals surface area contributed by atoms with E-state index in [1.165, 1.54) is 0 Å². The maximum absolute atomic E-state index is 5.66. The first-order chi connectivity index (χ1) is 7.99. The van der Waals surface area contributed by atoms with Crippen LogP contribution in [0.2, 0.25) is 0 Å². The van der Waals surface area contributed by atoms with Gasteiger partial charge in [-0.3, -0.25) is 4.98 Å². The molecule has 1 heterocycles. The van der Waals surface area contributed by atoms with Crippen LogP contribution in [0.15, 0.2) is 12.4 Å². The fourth-order valence-corrected chi connectivity index (χ4v) is 1.13. The average molecular weight is 237 g/mol. The summed E-state index contributed by atoms with van der Waals surface area (Å²) in [7, 11) is 0. The van der Waals surface area contributed by atoms with Crippen molar-refractivity contribution < 1.29 is 4.74 Å². The first-order valence-corrected chi connectivity index (χ1v) is 6.20. The largest absolute Gasteiger partial charge is 0.473 e. The second-order valence-corrected chi connectivity index (χ2v) is 4.95. The van der Waals surface area contributed by atoms with E-state index in [4.69, 9.17) is 4.74 Å². The first-order valence-electron chi connectivity index (χ1n) is 6.20. The molecule has 4 heteroatoms. The van der Waals surface area contributed by atoms with Crippen molar-refractivity contribution in [2.75, 3.05) is 0 Å². The van der Waals surface area contributed by atoms with E-state index in [0.29, 0.717) is 17.8 Å². The molecule has 0 aliphatic heterocycles. The van der Waals surface area contributed by atoms with Crippen LogP contribution < -0.4 is 10.1 Å². The molecule has 0 aliphatic rings. The van der Waals surface area contributed by atoms with Gasteiger partial charge in [-0.05, 0) is 12.8 Å². The Kier molecular flexibility index (Phi) is 5.35. The van der Waals surface area contributed by atoms with Gasteiger partial charge in [0.05, 0.1) is 24.2 Å². The second kappa shape index (κ2) is 6.55. The fourth-order valence-electron chi connectivity index (χ4n) is 1.13. The van der Waals surface area contributed by atoms with E-state index in [-0.39, 0.29) is 6.10 Å². The van der Waals surface area contributed by atoms with E-state index >= 15 is 0 Å². The fraction of sp³-hybridized carbons (Fsp3) is 0.692. The normalized spacial score (nSPS) is 13.1. The molecular weight excluding hydrogens is 214 g/mol. The predicted molar refractivity (Wildman–Crippen MR) is 68.9 cm³/mol. The molecule has 0 amide bonds. The molecule has 0 spiro atoms. The molecule has 1 atom stereocenters. The maximum Gasteiger partial charge on any atom is 0.232 e. The second-order valence-electron chi connectivity index (χ2n) is 4.95.